The summed E-state index contributed by atoms with van der Waals surface area (Å²) in [6.07, 6.45) is 0.525. The molecule has 0 saturated heterocycles. The Morgan fingerprint density at radius 3 is 2.29 bits per heavy atom. The van der Waals surface area contributed by atoms with Gasteiger partial charge in [-0.3, -0.25) is 14.4 Å². The lowest BCUT2D eigenvalue weighted by Crippen LogP contribution is -2.48. The number of benzene rings is 1. The summed E-state index contributed by atoms with van der Waals surface area (Å²) in [7, 11) is 0. The second-order valence-electron chi connectivity index (χ2n) is 5.26. The van der Waals surface area contributed by atoms with E-state index < -0.39 is 17.9 Å². The number of rotatable bonds is 9. The van der Waals surface area contributed by atoms with E-state index in [1.807, 2.05) is 30.3 Å². The van der Waals surface area contributed by atoms with Crippen LogP contribution < -0.4 is 16.8 Å². The Kier molecular flexibility index (Phi) is 10.4. The van der Waals surface area contributed by atoms with Crippen LogP contribution in [0.15, 0.2) is 30.3 Å². The van der Waals surface area contributed by atoms with Gasteiger partial charge in [0.15, 0.2) is 0 Å². The molecule has 5 N–H and O–H groups in total. The van der Waals surface area contributed by atoms with Gasteiger partial charge in [-0.1, -0.05) is 30.3 Å². The summed E-state index contributed by atoms with van der Waals surface area (Å²) in [5.74, 6) is -1.40. The average Bonchev–Trinajstić information content (AvgIpc) is 2.51. The summed E-state index contributed by atoms with van der Waals surface area (Å²) in [4.78, 5) is 36.4. The Balaban J connectivity index is 0.00000529. The third kappa shape index (κ3) is 7.94. The van der Waals surface area contributed by atoms with Crippen molar-refractivity contribution >= 4 is 30.1 Å². The molecule has 0 aromatic heterocycles. The zero-order valence-corrected chi connectivity index (χ0v) is 14.6. The van der Waals surface area contributed by atoms with Gasteiger partial charge in [-0.25, -0.2) is 0 Å². The molecule has 1 aromatic carbocycles. The van der Waals surface area contributed by atoms with Gasteiger partial charge in [0.1, 0.15) is 6.04 Å². The first kappa shape index (κ1) is 21.9. The largest absolute Gasteiger partial charge is 0.368 e. The quantitative estimate of drug-likeness (QED) is 0.568. The molecule has 0 fully saturated rings. The molecule has 0 radical (unpaired) electrons. The summed E-state index contributed by atoms with van der Waals surface area (Å²) >= 11 is 0. The van der Waals surface area contributed by atoms with Crippen molar-refractivity contribution in [2.75, 3.05) is 19.6 Å². The van der Waals surface area contributed by atoms with Crippen LogP contribution in [0.2, 0.25) is 0 Å². The molecule has 0 heterocycles. The van der Waals surface area contributed by atoms with Crippen LogP contribution in [0, 0.1) is 0 Å². The van der Waals surface area contributed by atoms with E-state index in [0.29, 0.717) is 26.1 Å². The Morgan fingerprint density at radius 2 is 1.79 bits per heavy atom. The molecule has 24 heavy (non-hydrogen) atoms. The zero-order chi connectivity index (χ0) is 17.2. The average molecular weight is 357 g/mol. The summed E-state index contributed by atoms with van der Waals surface area (Å²) in [5.41, 5.74) is 11.9. The highest BCUT2D eigenvalue weighted by atomic mass is 35.5. The maximum Gasteiger partial charge on any atom is 0.240 e. The highest BCUT2D eigenvalue weighted by Crippen LogP contribution is 2.04. The number of nitrogens with one attached hydrogen (secondary N) is 1. The van der Waals surface area contributed by atoms with Crippen molar-refractivity contribution in [3.8, 4) is 0 Å². The van der Waals surface area contributed by atoms with E-state index in [2.05, 4.69) is 5.32 Å². The first-order valence-electron chi connectivity index (χ1n) is 7.52. The topological polar surface area (TPSA) is 119 Å². The molecular formula is C16H25ClN4O3. The van der Waals surface area contributed by atoms with E-state index >= 15 is 0 Å². The Labute approximate surface area is 148 Å². The smallest absolute Gasteiger partial charge is 0.240 e. The van der Waals surface area contributed by atoms with Crippen LogP contribution in [0.1, 0.15) is 18.9 Å². The lowest BCUT2D eigenvalue weighted by atomic mass is 10.1. The Morgan fingerprint density at radius 1 is 1.17 bits per heavy atom. The van der Waals surface area contributed by atoms with Crippen LogP contribution in [0.4, 0.5) is 0 Å². The fourth-order valence-electron chi connectivity index (χ4n) is 2.20. The molecule has 0 bridgehead atoms. The maximum atomic E-state index is 12.4. The summed E-state index contributed by atoms with van der Waals surface area (Å²) in [6.45, 7) is 2.47. The second kappa shape index (κ2) is 11.4. The molecule has 134 valence electrons. The van der Waals surface area contributed by atoms with Crippen molar-refractivity contribution in [1.29, 1.82) is 0 Å². The van der Waals surface area contributed by atoms with Gasteiger partial charge in [0.05, 0.1) is 6.42 Å². The third-order valence-electron chi connectivity index (χ3n) is 3.36. The Hall–Kier alpha value is -2.12. The minimum atomic E-state index is -1.00. The minimum Gasteiger partial charge on any atom is -0.368 e. The molecule has 8 heteroatoms. The molecule has 3 amide bonds. The van der Waals surface area contributed by atoms with Crippen LogP contribution in [0.25, 0.3) is 0 Å². The molecule has 0 unspecified atom stereocenters. The van der Waals surface area contributed by atoms with Crippen LogP contribution in [-0.4, -0.2) is 48.3 Å². The second-order valence-corrected chi connectivity index (χ2v) is 5.26. The summed E-state index contributed by atoms with van der Waals surface area (Å²) in [6, 6.07) is 8.76. The van der Waals surface area contributed by atoms with E-state index in [1.165, 1.54) is 6.92 Å². The van der Waals surface area contributed by atoms with Gasteiger partial charge in [-0.05, 0) is 12.0 Å². The molecular weight excluding hydrogens is 332 g/mol. The molecule has 0 aliphatic rings. The van der Waals surface area contributed by atoms with Crippen LogP contribution >= 0.6 is 12.4 Å². The van der Waals surface area contributed by atoms with E-state index in [-0.39, 0.29) is 24.7 Å². The van der Waals surface area contributed by atoms with Crippen molar-refractivity contribution in [3.05, 3.63) is 35.9 Å². The molecule has 0 aliphatic heterocycles. The maximum absolute atomic E-state index is 12.4. The first-order valence-corrected chi connectivity index (χ1v) is 7.52. The van der Waals surface area contributed by atoms with Crippen LogP contribution in [-0.2, 0) is 20.8 Å². The highest BCUT2D eigenvalue weighted by molar-refractivity contribution is 5.90. The van der Waals surface area contributed by atoms with Gasteiger partial charge in [0.2, 0.25) is 17.7 Å². The number of hydrogen-bond acceptors (Lipinski definition) is 4. The van der Waals surface area contributed by atoms with Crippen molar-refractivity contribution in [2.24, 2.45) is 11.5 Å². The number of amides is 3. The van der Waals surface area contributed by atoms with Crippen LogP contribution in [0.3, 0.4) is 0 Å². The third-order valence-corrected chi connectivity index (χ3v) is 3.36. The molecule has 7 nitrogen and oxygen atoms in total. The monoisotopic (exact) mass is 356 g/mol. The molecule has 1 rings (SSSR count). The van der Waals surface area contributed by atoms with Crippen molar-refractivity contribution in [3.63, 3.8) is 0 Å². The molecule has 0 saturated carbocycles. The highest BCUT2D eigenvalue weighted by Gasteiger charge is 2.23. The molecule has 1 aromatic rings. The molecule has 0 aliphatic carbocycles. The SMILES string of the molecule is CC(=O)N[C@@H](CC(=O)N(CCN)CCc1ccccc1)C(N)=O.Cl. The van der Waals surface area contributed by atoms with Crippen molar-refractivity contribution in [1.82, 2.24) is 10.2 Å². The summed E-state index contributed by atoms with van der Waals surface area (Å²) in [5, 5.41) is 2.39. The predicted molar refractivity (Wildman–Crippen MR) is 94.4 cm³/mol. The van der Waals surface area contributed by atoms with Gasteiger partial charge < -0.3 is 21.7 Å². The van der Waals surface area contributed by atoms with Crippen LogP contribution in [0.5, 0.6) is 0 Å². The van der Waals surface area contributed by atoms with Gasteiger partial charge in [0, 0.05) is 26.6 Å². The van der Waals surface area contributed by atoms with Crippen molar-refractivity contribution < 1.29 is 14.4 Å². The lowest BCUT2D eigenvalue weighted by molar-refractivity contribution is -0.135. The van der Waals surface area contributed by atoms with Gasteiger partial charge in [-0.2, -0.15) is 0 Å². The fourth-order valence-corrected chi connectivity index (χ4v) is 2.20. The number of primary amides is 1. The zero-order valence-electron chi connectivity index (χ0n) is 13.7. The van der Waals surface area contributed by atoms with E-state index in [0.717, 1.165) is 5.56 Å². The van der Waals surface area contributed by atoms with Crippen molar-refractivity contribution in [2.45, 2.75) is 25.8 Å². The fraction of sp³-hybridized carbons (Fsp3) is 0.438. The summed E-state index contributed by atoms with van der Waals surface area (Å²) < 4.78 is 0. The number of hydrogen-bond donors (Lipinski definition) is 3. The van der Waals surface area contributed by atoms with Gasteiger partial charge in [0.25, 0.3) is 0 Å². The molecule has 0 spiro atoms. The first-order chi connectivity index (χ1) is 10.9. The number of carbonyl (C=O) groups excluding carboxylic acids is 3. The number of halogens is 1. The Bertz CT molecular complexity index is 539. The lowest BCUT2D eigenvalue weighted by Gasteiger charge is -2.24. The molecule has 1 atom stereocenters. The predicted octanol–water partition coefficient (Wildman–Crippen LogP) is -0.182. The van der Waals surface area contributed by atoms with E-state index in [9.17, 15) is 14.4 Å². The number of nitrogens with zero attached hydrogens (tertiary/aromatic N) is 1. The van der Waals surface area contributed by atoms with Gasteiger partial charge >= 0.3 is 0 Å². The minimum absolute atomic E-state index is 0. The van der Waals surface area contributed by atoms with Gasteiger partial charge in [-0.15, -0.1) is 12.4 Å². The number of carbonyl (C=O) groups is 3. The number of nitrogens with two attached hydrogens (primary N) is 2. The van der Waals surface area contributed by atoms with E-state index in [4.69, 9.17) is 11.5 Å². The normalized spacial score (nSPS) is 11.1. The standard InChI is InChI=1S/C16H24N4O3.ClH/c1-12(21)19-14(16(18)23)11-15(22)20(10-8-17)9-7-13-5-3-2-4-6-13;/h2-6,14H,7-11,17H2,1H3,(H2,18,23)(H,19,21);1H/t14-;/m0./s1. The van der Waals surface area contributed by atoms with E-state index in [1.54, 1.807) is 4.90 Å².